The van der Waals surface area contributed by atoms with Gasteiger partial charge in [-0.3, -0.25) is 4.79 Å². The summed E-state index contributed by atoms with van der Waals surface area (Å²) in [5, 5.41) is 13.7. The minimum Gasteiger partial charge on any atom is -0.381 e. The van der Waals surface area contributed by atoms with Crippen LogP contribution < -0.4 is 11.1 Å². The first-order chi connectivity index (χ1) is 11.6. The van der Waals surface area contributed by atoms with Gasteiger partial charge in [-0.15, -0.1) is 17.5 Å². The molecule has 8 nitrogen and oxygen atoms in total. The average molecular weight is 371 g/mol. The van der Waals surface area contributed by atoms with E-state index in [1.54, 1.807) is 6.92 Å². The smallest absolute Gasteiger partial charge is 0.241 e. The standard InChI is InChI=1S/C15H19FN6O2.ClH/c1-9-19-20-21-22(9)13-8-11(2-3-12(13)16)18-15(23)14(17)10-4-6-24-7-5-10;/h2-3,8,10,14H,4-7,17H2,1H3,(H,18,23);1H. The highest BCUT2D eigenvalue weighted by molar-refractivity contribution is 5.95. The first-order valence-corrected chi connectivity index (χ1v) is 7.75. The lowest BCUT2D eigenvalue weighted by Crippen LogP contribution is -2.44. The predicted molar refractivity (Wildman–Crippen MR) is 91.2 cm³/mol. The number of tetrazole rings is 1. The molecule has 25 heavy (non-hydrogen) atoms. The minimum absolute atomic E-state index is 0. The number of hydrogen-bond donors (Lipinski definition) is 2. The zero-order chi connectivity index (χ0) is 17.1. The van der Waals surface area contributed by atoms with Crippen molar-refractivity contribution in [3.63, 3.8) is 0 Å². The molecule has 1 unspecified atom stereocenters. The van der Waals surface area contributed by atoms with E-state index in [1.165, 1.54) is 22.9 Å². The lowest BCUT2D eigenvalue weighted by atomic mass is 9.92. The number of anilines is 1. The van der Waals surface area contributed by atoms with Gasteiger partial charge in [0.25, 0.3) is 0 Å². The summed E-state index contributed by atoms with van der Waals surface area (Å²) in [5.74, 6) is -0.262. The van der Waals surface area contributed by atoms with Crippen LogP contribution in [0.5, 0.6) is 0 Å². The molecule has 1 aromatic carbocycles. The quantitative estimate of drug-likeness (QED) is 0.837. The fourth-order valence-electron chi connectivity index (χ4n) is 2.72. The van der Waals surface area contributed by atoms with Crippen LogP contribution in [0.3, 0.4) is 0 Å². The second kappa shape index (κ2) is 8.32. The van der Waals surface area contributed by atoms with E-state index in [1.807, 2.05) is 0 Å². The Labute approximate surface area is 150 Å². The molecule has 0 radical (unpaired) electrons. The Kier molecular flexibility index (Phi) is 6.40. The molecular weight excluding hydrogens is 351 g/mol. The second-order valence-electron chi connectivity index (χ2n) is 5.77. The van der Waals surface area contributed by atoms with Gasteiger partial charge in [0.1, 0.15) is 11.5 Å². The number of benzene rings is 1. The molecule has 10 heteroatoms. The van der Waals surface area contributed by atoms with E-state index < -0.39 is 11.9 Å². The lowest BCUT2D eigenvalue weighted by Gasteiger charge is -2.26. The van der Waals surface area contributed by atoms with Gasteiger partial charge in [0, 0.05) is 18.9 Å². The summed E-state index contributed by atoms with van der Waals surface area (Å²) in [6, 6.07) is 3.59. The Morgan fingerprint density at radius 2 is 2.16 bits per heavy atom. The van der Waals surface area contributed by atoms with E-state index in [4.69, 9.17) is 10.5 Å². The predicted octanol–water partition coefficient (Wildman–Crippen LogP) is 1.22. The Balaban J connectivity index is 0.00000225. The number of nitrogens with two attached hydrogens (primary N) is 1. The molecular formula is C15H20ClFN6O2. The maximum atomic E-state index is 14.0. The zero-order valence-electron chi connectivity index (χ0n) is 13.7. The van der Waals surface area contributed by atoms with Crippen LogP contribution in [0, 0.1) is 18.7 Å². The van der Waals surface area contributed by atoms with Crippen molar-refractivity contribution in [2.24, 2.45) is 11.7 Å². The van der Waals surface area contributed by atoms with Gasteiger partial charge in [0.05, 0.1) is 6.04 Å². The summed E-state index contributed by atoms with van der Waals surface area (Å²) in [5.41, 5.74) is 6.65. The second-order valence-corrected chi connectivity index (χ2v) is 5.77. The van der Waals surface area contributed by atoms with Gasteiger partial charge in [0.15, 0.2) is 5.82 Å². The summed E-state index contributed by atoms with van der Waals surface area (Å²) in [7, 11) is 0. The summed E-state index contributed by atoms with van der Waals surface area (Å²) in [4.78, 5) is 12.3. The number of carbonyl (C=O) groups is 1. The molecule has 136 valence electrons. The summed E-state index contributed by atoms with van der Waals surface area (Å²) >= 11 is 0. The molecule has 3 rings (SSSR count). The Morgan fingerprint density at radius 1 is 1.44 bits per heavy atom. The highest BCUT2D eigenvalue weighted by Crippen LogP contribution is 2.21. The SMILES string of the molecule is Cc1nnnn1-c1cc(NC(=O)C(N)C2CCOCC2)ccc1F.Cl. The number of aromatic nitrogens is 4. The van der Waals surface area contributed by atoms with Crippen LogP contribution in [0.15, 0.2) is 18.2 Å². The number of hydrogen-bond acceptors (Lipinski definition) is 6. The van der Waals surface area contributed by atoms with Gasteiger partial charge in [-0.05, 0) is 54.3 Å². The van der Waals surface area contributed by atoms with Crippen molar-refractivity contribution in [3.8, 4) is 5.69 Å². The molecule has 1 saturated heterocycles. The van der Waals surface area contributed by atoms with Crippen LogP contribution in [0.1, 0.15) is 18.7 Å². The third-order valence-corrected chi connectivity index (χ3v) is 4.14. The number of ether oxygens (including phenoxy) is 1. The summed E-state index contributed by atoms with van der Waals surface area (Å²) in [6.45, 7) is 2.89. The van der Waals surface area contributed by atoms with Crippen molar-refractivity contribution < 1.29 is 13.9 Å². The molecule has 2 aromatic rings. The van der Waals surface area contributed by atoms with Crippen molar-refractivity contribution in [3.05, 3.63) is 29.8 Å². The molecule has 1 atom stereocenters. The van der Waals surface area contributed by atoms with E-state index in [2.05, 4.69) is 20.8 Å². The van der Waals surface area contributed by atoms with Crippen LogP contribution in [-0.4, -0.2) is 45.4 Å². The molecule has 0 spiro atoms. The number of nitrogens with one attached hydrogen (secondary N) is 1. The molecule has 1 aromatic heterocycles. The molecule has 1 fully saturated rings. The molecule has 3 N–H and O–H groups in total. The van der Waals surface area contributed by atoms with Crippen LogP contribution in [0.25, 0.3) is 5.69 Å². The van der Waals surface area contributed by atoms with E-state index in [-0.39, 0.29) is 29.9 Å². The van der Waals surface area contributed by atoms with Gasteiger partial charge < -0.3 is 15.8 Å². The molecule has 0 aliphatic carbocycles. The number of halogens is 2. The first kappa shape index (κ1) is 19.2. The van der Waals surface area contributed by atoms with Gasteiger partial charge in [-0.1, -0.05) is 0 Å². The highest BCUT2D eigenvalue weighted by atomic mass is 35.5. The van der Waals surface area contributed by atoms with Crippen molar-refractivity contribution in [1.29, 1.82) is 0 Å². The largest absolute Gasteiger partial charge is 0.381 e. The van der Waals surface area contributed by atoms with Gasteiger partial charge >= 0.3 is 0 Å². The third kappa shape index (κ3) is 4.30. The fraction of sp³-hybridized carbons (Fsp3) is 0.467. The minimum atomic E-state index is -0.628. The molecule has 0 saturated carbocycles. The van der Waals surface area contributed by atoms with Crippen LogP contribution >= 0.6 is 12.4 Å². The van der Waals surface area contributed by atoms with Crippen LogP contribution in [0.4, 0.5) is 10.1 Å². The Hall–Kier alpha value is -2.10. The number of nitrogens with zero attached hydrogens (tertiary/aromatic N) is 4. The number of amides is 1. The van der Waals surface area contributed by atoms with E-state index in [9.17, 15) is 9.18 Å². The van der Waals surface area contributed by atoms with Gasteiger partial charge in [-0.25, -0.2) is 4.39 Å². The normalized spacial score (nSPS) is 16.1. The number of carbonyl (C=O) groups excluding carboxylic acids is 1. The first-order valence-electron chi connectivity index (χ1n) is 7.75. The Bertz CT molecular complexity index is 735. The van der Waals surface area contributed by atoms with Crippen molar-refractivity contribution in [2.45, 2.75) is 25.8 Å². The summed E-state index contributed by atoms with van der Waals surface area (Å²) < 4.78 is 20.6. The molecule has 1 amide bonds. The van der Waals surface area contributed by atoms with E-state index in [0.29, 0.717) is 24.7 Å². The lowest BCUT2D eigenvalue weighted by molar-refractivity contribution is -0.119. The maximum absolute atomic E-state index is 14.0. The maximum Gasteiger partial charge on any atom is 0.241 e. The van der Waals surface area contributed by atoms with Gasteiger partial charge in [0.2, 0.25) is 5.91 Å². The third-order valence-electron chi connectivity index (χ3n) is 4.14. The molecule has 0 bridgehead atoms. The topological polar surface area (TPSA) is 108 Å². The van der Waals surface area contributed by atoms with E-state index in [0.717, 1.165) is 12.8 Å². The van der Waals surface area contributed by atoms with Crippen molar-refractivity contribution in [1.82, 2.24) is 20.2 Å². The van der Waals surface area contributed by atoms with Crippen LogP contribution in [-0.2, 0) is 9.53 Å². The molecule has 1 aliphatic heterocycles. The average Bonchev–Trinajstić information content (AvgIpc) is 3.02. The number of rotatable bonds is 4. The van der Waals surface area contributed by atoms with Crippen LogP contribution in [0.2, 0.25) is 0 Å². The van der Waals surface area contributed by atoms with E-state index >= 15 is 0 Å². The van der Waals surface area contributed by atoms with Gasteiger partial charge in [-0.2, -0.15) is 4.68 Å². The van der Waals surface area contributed by atoms with Crippen molar-refractivity contribution >= 4 is 24.0 Å². The number of aryl methyl sites for hydroxylation is 1. The fourth-order valence-corrected chi connectivity index (χ4v) is 2.72. The zero-order valence-corrected chi connectivity index (χ0v) is 14.5. The highest BCUT2D eigenvalue weighted by Gasteiger charge is 2.26. The monoisotopic (exact) mass is 370 g/mol. The Morgan fingerprint density at radius 3 is 2.80 bits per heavy atom. The molecule has 1 aliphatic rings. The molecule has 2 heterocycles. The van der Waals surface area contributed by atoms with Crippen molar-refractivity contribution in [2.75, 3.05) is 18.5 Å². The summed E-state index contributed by atoms with van der Waals surface area (Å²) in [6.07, 6.45) is 1.51.